The van der Waals surface area contributed by atoms with E-state index in [0.29, 0.717) is 5.56 Å². The summed E-state index contributed by atoms with van der Waals surface area (Å²) in [5, 5.41) is 28.7. The third-order valence-corrected chi connectivity index (χ3v) is 3.29. The Labute approximate surface area is 125 Å². The molecule has 3 rings (SSSR count). The molecule has 1 heterocycles. The van der Waals surface area contributed by atoms with Gasteiger partial charge in [-0.1, -0.05) is 6.07 Å². The molecule has 1 aliphatic rings. The Morgan fingerprint density at radius 3 is 2.55 bits per heavy atom. The zero-order valence-electron chi connectivity index (χ0n) is 11.5. The monoisotopic (exact) mass is 300 g/mol. The summed E-state index contributed by atoms with van der Waals surface area (Å²) in [4.78, 5) is 12.2. The highest BCUT2D eigenvalue weighted by Gasteiger charge is 2.31. The van der Waals surface area contributed by atoms with Crippen LogP contribution in [0, 0.1) is 0 Å². The molecule has 0 atom stereocenters. The van der Waals surface area contributed by atoms with Crippen LogP contribution in [-0.2, 0) is 0 Å². The fourth-order valence-electron chi connectivity index (χ4n) is 2.16. The maximum atomic E-state index is 12.2. The lowest BCUT2D eigenvalue weighted by Crippen LogP contribution is -1.98. The highest BCUT2D eigenvalue weighted by molar-refractivity contribution is 6.15. The van der Waals surface area contributed by atoms with E-state index in [4.69, 9.17) is 9.47 Å². The van der Waals surface area contributed by atoms with Crippen LogP contribution in [0.25, 0.3) is 6.08 Å². The lowest BCUT2D eigenvalue weighted by atomic mass is 10.1. The summed E-state index contributed by atoms with van der Waals surface area (Å²) in [6.45, 7) is 0. The van der Waals surface area contributed by atoms with E-state index in [-0.39, 0.29) is 34.3 Å². The molecule has 0 amide bonds. The number of rotatable bonds is 2. The van der Waals surface area contributed by atoms with Crippen molar-refractivity contribution < 1.29 is 29.6 Å². The molecule has 0 aromatic heterocycles. The quantitative estimate of drug-likeness (QED) is 0.582. The summed E-state index contributed by atoms with van der Waals surface area (Å²) in [7, 11) is 1.42. The van der Waals surface area contributed by atoms with Crippen LogP contribution in [0.15, 0.2) is 36.1 Å². The number of hydrogen-bond donors (Lipinski definition) is 3. The number of methoxy groups -OCH3 is 1. The molecule has 6 heteroatoms. The third kappa shape index (κ3) is 2.10. The van der Waals surface area contributed by atoms with Crippen molar-refractivity contribution in [2.24, 2.45) is 0 Å². The molecule has 2 aromatic carbocycles. The summed E-state index contributed by atoms with van der Waals surface area (Å²) >= 11 is 0. The van der Waals surface area contributed by atoms with E-state index in [1.165, 1.54) is 31.4 Å². The van der Waals surface area contributed by atoms with Gasteiger partial charge in [0.25, 0.3) is 0 Å². The minimum atomic E-state index is -0.475. The van der Waals surface area contributed by atoms with E-state index in [9.17, 15) is 20.1 Å². The van der Waals surface area contributed by atoms with Crippen molar-refractivity contribution in [1.82, 2.24) is 0 Å². The number of fused-ring (bicyclic) bond motifs is 1. The Balaban J connectivity index is 2.01. The summed E-state index contributed by atoms with van der Waals surface area (Å²) in [5.41, 5.74) is 0.752. The lowest BCUT2D eigenvalue weighted by molar-refractivity contribution is 0.101. The first-order chi connectivity index (χ1) is 10.5. The maximum Gasteiger partial charge on any atom is 0.232 e. The molecule has 6 nitrogen and oxygen atoms in total. The Morgan fingerprint density at radius 1 is 1.09 bits per heavy atom. The van der Waals surface area contributed by atoms with Crippen molar-refractivity contribution >= 4 is 11.9 Å². The van der Waals surface area contributed by atoms with Gasteiger partial charge in [-0.15, -0.1) is 0 Å². The number of phenolic OH excluding ortho intramolecular Hbond substituents is 3. The summed E-state index contributed by atoms with van der Waals surface area (Å²) in [6.07, 6.45) is 1.46. The number of carbonyl (C=O) groups excluding carboxylic acids is 1. The number of ether oxygens (including phenoxy) is 2. The SMILES string of the molecule is COc1cc(/C=C2\Oc3c(ccc(O)c3O)C2=O)ccc1O. The molecule has 0 saturated carbocycles. The van der Waals surface area contributed by atoms with Gasteiger partial charge in [0.15, 0.2) is 28.8 Å². The molecule has 2 aromatic rings. The minimum Gasteiger partial charge on any atom is -0.504 e. The molecule has 0 radical (unpaired) electrons. The number of Topliss-reactive ketones (excluding diaryl/α,β-unsaturated/α-hetero) is 1. The van der Waals surface area contributed by atoms with E-state index in [0.717, 1.165) is 0 Å². The molecule has 0 bridgehead atoms. The van der Waals surface area contributed by atoms with Crippen LogP contribution in [0.5, 0.6) is 28.7 Å². The fourth-order valence-corrected chi connectivity index (χ4v) is 2.16. The van der Waals surface area contributed by atoms with Gasteiger partial charge in [-0.25, -0.2) is 0 Å². The van der Waals surface area contributed by atoms with Crippen LogP contribution >= 0.6 is 0 Å². The second kappa shape index (κ2) is 5.00. The second-order valence-corrected chi connectivity index (χ2v) is 4.68. The third-order valence-electron chi connectivity index (χ3n) is 3.29. The van der Waals surface area contributed by atoms with Crippen LogP contribution in [0.1, 0.15) is 15.9 Å². The first-order valence-corrected chi connectivity index (χ1v) is 6.37. The van der Waals surface area contributed by atoms with Crippen molar-refractivity contribution in [2.45, 2.75) is 0 Å². The molecule has 22 heavy (non-hydrogen) atoms. The molecule has 0 unspecified atom stereocenters. The predicted molar refractivity (Wildman–Crippen MR) is 77.4 cm³/mol. The number of carbonyl (C=O) groups is 1. The Morgan fingerprint density at radius 2 is 1.82 bits per heavy atom. The minimum absolute atomic E-state index is 0.00337. The molecule has 0 saturated heterocycles. The molecule has 112 valence electrons. The zero-order valence-corrected chi connectivity index (χ0v) is 11.5. The van der Waals surface area contributed by atoms with Crippen molar-refractivity contribution in [3.63, 3.8) is 0 Å². The molecule has 0 fully saturated rings. The number of phenols is 3. The summed E-state index contributed by atoms with van der Waals surface area (Å²) in [5.74, 6) is -1.06. The van der Waals surface area contributed by atoms with Gasteiger partial charge < -0.3 is 24.8 Å². The topological polar surface area (TPSA) is 96.2 Å². The molecule has 0 spiro atoms. The van der Waals surface area contributed by atoms with Crippen molar-refractivity contribution in [3.05, 3.63) is 47.2 Å². The smallest absolute Gasteiger partial charge is 0.232 e. The van der Waals surface area contributed by atoms with Crippen molar-refractivity contribution in [3.8, 4) is 28.7 Å². The largest absolute Gasteiger partial charge is 0.504 e. The van der Waals surface area contributed by atoms with Crippen LogP contribution < -0.4 is 9.47 Å². The number of aromatic hydroxyl groups is 3. The van der Waals surface area contributed by atoms with Gasteiger partial charge in [0, 0.05) is 0 Å². The summed E-state index contributed by atoms with van der Waals surface area (Å²) < 4.78 is 10.3. The average Bonchev–Trinajstić information content (AvgIpc) is 2.82. The van der Waals surface area contributed by atoms with Crippen LogP contribution in [0.4, 0.5) is 0 Å². The van der Waals surface area contributed by atoms with E-state index in [1.807, 2.05) is 0 Å². The number of ketones is 1. The summed E-state index contributed by atoms with van der Waals surface area (Å²) in [6, 6.07) is 7.16. The number of benzene rings is 2. The van der Waals surface area contributed by atoms with Gasteiger partial charge >= 0.3 is 0 Å². The molecule has 0 aliphatic carbocycles. The average molecular weight is 300 g/mol. The Hall–Kier alpha value is -3.15. The highest BCUT2D eigenvalue weighted by Crippen LogP contribution is 2.44. The van der Waals surface area contributed by atoms with Gasteiger partial charge in [-0.3, -0.25) is 4.79 Å². The number of hydrogen-bond acceptors (Lipinski definition) is 6. The molecular weight excluding hydrogens is 288 g/mol. The van der Waals surface area contributed by atoms with Gasteiger partial charge in [-0.05, 0) is 35.9 Å². The van der Waals surface area contributed by atoms with E-state index in [2.05, 4.69) is 0 Å². The van der Waals surface area contributed by atoms with Gasteiger partial charge in [0.2, 0.25) is 11.5 Å². The Kier molecular flexibility index (Phi) is 3.14. The van der Waals surface area contributed by atoms with Crippen molar-refractivity contribution in [1.29, 1.82) is 0 Å². The van der Waals surface area contributed by atoms with E-state index >= 15 is 0 Å². The standard InChI is InChI=1S/C16H12O6/c1-21-12-6-8(2-4-10(12)17)7-13-14(19)9-3-5-11(18)15(20)16(9)22-13/h2-7,17-18,20H,1H3/b13-7-. The Bertz CT molecular complexity index is 807. The van der Waals surface area contributed by atoms with E-state index in [1.54, 1.807) is 12.1 Å². The molecule has 3 N–H and O–H groups in total. The van der Waals surface area contributed by atoms with E-state index < -0.39 is 11.5 Å². The number of allylic oxidation sites excluding steroid dienone is 1. The lowest BCUT2D eigenvalue weighted by Gasteiger charge is -2.05. The first-order valence-electron chi connectivity index (χ1n) is 6.37. The van der Waals surface area contributed by atoms with Gasteiger partial charge in [0.05, 0.1) is 12.7 Å². The maximum absolute atomic E-state index is 12.2. The van der Waals surface area contributed by atoms with Gasteiger partial charge in [0.1, 0.15) is 0 Å². The highest BCUT2D eigenvalue weighted by atomic mass is 16.5. The van der Waals surface area contributed by atoms with Crippen LogP contribution in [0.3, 0.4) is 0 Å². The first kappa shape index (κ1) is 13.8. The zero-order chi connectivity index (χ0) is 15.9. The molecular formula is C16H12O6. The van der Waals surface area contributed by atoms with Crippen LogP contribution in [-0.4, -0.2) is 28.2 Å². The second-order valence-electron chi connectivity index (χ2n) is 4.68. The van der Waals surface area contributed by atoms with Gasteiger partial charge in [-0.2, -0.15) is 0 Å². The fraction of sp³-hybridized carbons (Fsp3) is 0.0625. The van der Waals surface area contributed by atoms with Crippen LogP contribution in [0.2, 0.25) is 0 Å². The molecule has 1 aliphatic heterocycles. The predicted octanol–water partition coefficient (Wildman–Crippen LogP) is 2.43. The normalized spacial score (nSPS) is 14.8. The van der Waals surface area contributed by atoms with Crippen molar-refractivity contribution in [2.75, 3.05) is 7.11 Å².